The van der Waals surface area contributed by atoms with Crippen molar-refractivity contribution in [2.75, 3.05) is 44.8 Å². The van der Waals surface area contributed by atoms with E-state index < -0.39 is 60.9 Å². The van der Waals surface area contributed by atoms with Gasteiger partial charge in [-0.1, -0.05) is 0 Å². The van der Waals surface area contributed by atoms with Gasteiger partial charge in [0.15, 0.2) is 6.67 Å². The molecular weight excluding hydrogens is 525 g/mol. The van der Waals surface area contributed by atoms with Crippen molar-refractivity contribution in [3.63, 3.8) is 0 Å². The Morgan fingerprint density at radius 2 is 1.82 bits per heavy atom. The van der Waals surface area contributed by atoms with Crippen molar-refractivity contribution in [3.8, 4) is 0 Å². The van der Waals surface area contributed by atoms with Gasteiger partial charge in [-0.2, -0.15) is 0 Å². The summed E-state index contributed by atoms with van der Waals surface area (Å²) in [6.07, 6.45) is 1.35. The van der Waals surface area contributed by atoms with Gasteiger partial charge in [0, 0.05) is 59.6 Å². The molecule has 1 aromatic heterocycles. The summed E-state index contributed by atoms with van der Waals surface area (Å²) in [7, 11) is 0. The van der Waals surface area contributed by atoms with Crippen LogP contribution in [-0.4, -0.2) is 72.3 Å². The summed E-state index contributed by atoms with van der Waals surface area (Å²) in [5, 5.41) is 3.64. The normalized spacial score (nSPS) is 22.5. The van der Waals surface area contributed by atoms with E-state index in [0.29, 0.717) is 36.0 Å². The highest BCUT2D eigenvalue weighted by Crippen LogP contribution is 2.44. The Bertz CT molecular complexity index is 1300. The SMILES string of the molecule is C[C@H]1Cc2c([nH]c3ccc(F)cc23)[C@H](c2c(F)cc(N[C@H]3CCN(CCCF)C3)cc2F)N1CC(F)(F)CF. The third-order valence-electron chi connectivity index (χ3n) is 7.78. The van der Waals surface area contributed by atoms with Gasteiger partial charge in [-0.15, -0.1) is 0 Å². The minimum absolute atomic E-state index is 0.0843. The first-order chi connectivity index (χ1) is 18.6. The summed E-state index contributed by atoms with van der Waals surface area (Å²) in [6.45, 7) is 0.205. The molecule has 1 saturated heterocycles. The maximum absolute atomic E-state index is 15.7. The smallest absolute Gasteiger partial charge is 0.288 e. The Hall–Kier alpha value is -2.79. The summed E-state index contributed by atoms with van der Waals surface area (Å²) in [5.41, 5.74) is 1.14. The number of nitrogens with one attached hydrogen (secondary N) is 2. The lowest BCUT2D eigenvalue weighted by Crippen LogP contribution is -2.49. The van der Waals surface area contributed by atoms with Crippen LogP contribution in [0.15, 0.2) is 30.3 Å². The molecule has 2 aliphatic rings. The van der Waals surface area contributed by atoms with E-state index in [0.717, 1.165) is 25.1 Å². The van der Waals surface area contributed by atoms with E-state index in [2.05, 4.69) is 15.2 Å². The number of alkyl halides is 4. The Kier molecular flexibility index (Phi) is 7.83. The summed E-state index contributed by atoms with van der Waals surface area (Å²) in [6, 6.07) is 4.26. The zero-order valence-corrected chi connectivity index (χ0v) is 21.5. The summed E-state index contributed by atoms with van der Waals surface area (Å²) in [5.74, 6) is -6.10. The maximum atomic E-state index is 15.7. The second-order valence-electron chi connectivity index (χ2n) is 10.7. The van der Waals surface area contributed by atoms with Crippen molar-refractivity contribution < 1.29 is 30.7 Å². The van der Waals surface area contributed by atoms with Gasteiger partial charge in [0.2, 0.25) is 0 Å². The first kappa shape index (κ1) is 27.8. The highest BCUT2D eigenvalue weighted by Gasteiger charge is 2.44. The van der Waals surface area contributed by atoms with Crippen molar-refractivity contribution in [2.24, 2.45) is 0 Å². The van der Waals surface area contributed by atoms with Crippen LogP contribution >= 0.6 is 0 Å². The lowest BCUT2D eigenvalue weighted by Gasteiger charge is -2.42. The van der Waals surface area contributed by atoms with Gasteiger partial charge in [0.25, 0.3) is 5.92 Å². The van der Waals surface area contributed by atoms with E-state index in [1.807, 2.05) is 0 Å². The van der Waals surface area contributed by atoms with Crippen LogP contribution in [0.25, 0.3) is 10.9 Å². The zero-order valence-electron chi connectivity index (χ0n) is 21.5. The largest absolute Gasteiger partial charge is 0.381 e. The van der Waals surface area contributed by atoms with Crippen LogP contribution in [0.4, 0.5) is 36.4 Å². The van der Waals surface area contributed by atoms with Crippen LogP contribution in [0.3, 0.4) is 0 Å². The van der Waals surface area contributed by atoms with Crippen LogP contribution in [0.5, 0.6) is 0 Å². The molecule has 2 N–H and O–H groups in total. The molecular formula is C28H31F7N4. The molecule has 212 valence electrons. The van der Waals surface area contributed by atoms with Crippen molar-refractivity contribution in [2.45, 2.75) is 50.2 Å². The van der Waals surface area contributed by atoms with Crippen LogP contribution in [0.1, 0.15) is 42.6 Å². The third kappa shape index (κ3) is 5.61. The molecule has 0 amide bonds. The Labute approximate surface area is 222 Å². The average molecular weight is 557 g/mol. The van der Waals surface area contributed by atoms with Gasteiger partial charge in [-0.3, -0.25) is 9.29 Å². The van der Waals surface area contributed by atoms with E-state index in [1.54, 1.807) is 6.92 Å². The Morgan fingerprint density at radius 3 is 2.51 bits per heavy atom. The number of benzene rings is 2. The number of aromatic nitrogens is 1. The number of fused-ring (bicyclic) bond motifs is 3. The number of rotatable bonds is 9. The van der Waals surface area contributed by atoms with E-state index >= 15 is 8.78 Å². The minimum atomic E-state index is -3.73. The van der Waals surface area contributed by atoms with Gasteiger partial charge in [-0.05, 0) is 62.1 Å². The van der Waals surface area contributed by atoms with Crippen molar-refractivity contribution in [1.29, 1.82) is 0 Å². The molecule has 0 radical (unpaired) electrons. The van der Waals surface area contributed by atoms with Crippen molar-refractivity contribution >= 4 is 16.6 Å². The fourth-order valence-corrected chi connectivity index (χ4v) is 6.00. The molecule has 2 aliphatic heterocycles. The molecule has 3 heterocycles. The number of likely N-dealkylation sites (tertiary alicyclic amines) is 1. The Morgan fingerprint density at radius 1 is 1.08 bits per heavy atom. The van der Waals surface area contributed by atoms with Gasteiger partial charge in [0.1, 0.15) is 17.5 Å². The molecule has 3 atom stereocenters. The van der Waals surface area contributed by atoms with Crippen molar-refractivity contribution in [3.05, 3.63) is 64.6 Å². The number of hydrogen-bond acceptors (Lipinski definition) is 3. The number of aromatic amines is 1. The molecule has 11 heteroatoms. The number of hydrogen-bond donors (Lipinski definition) is 2. The monoisotopic (exact) mass is 556 g/mol. The molecule has 5 rings (SSSR count). The zero-order chi connectivity index (χ0) is 27.9. The number of H-pyrrole nitrogens is 1. The molecule has 0 unspecified atom stereocenters. The van der Waals surface area contributed by atoms with Crippen molar-refractivity contribution in [1.82, 2.24) is 14.8 Å². The molecule has 0 bridgehead atoms. The van der Waals surface area contributed by atoms with Crippen LogP contribution in [0, 0.1) is 17.5 Å². The van der Waals surface area contributed by atoms with E-state index in [1.165, 1.54) is 23.1 Å². The van der Waals surface area contributed by atoms with Crippen LogP contribution in [-0.2, 0) is 6.42 Å². The first-order valence-corrected chi connectivity index (χ1v) is 13.1. The summed E-state index contributed by atoms with van der Waals surface area (Å²) < 4.78 is 99.9. The number of halogens is 7. The maximum Gasteiger partial charge on any atom is 0.288 e. The third-order valence-corrected chi connectivity index (χ3v) is 7.78. The molecule has 1 fully saturated rings. The van der Waals surface area contributed by atoms with Gasteiger partial charge < -0.3 is 15.2 Å². The van der Waals surface area contributed by atoms with E-state index in [9.17, 15) is 22.0 Å². The minimum Gasteiger partial charge on any atom is -0.381 e. The predicted molar refractivity (Wildman–Crippen MR) is 136 cm³/mol. The highest BCUT2D eigenvalue weighted by atomic mass is 19.3. The number of nitrogens with zero attached hydrogens (tertiary/aromatic N) is 2. The second kappa shape index (κ2) is 11.0. The first-order valence-electron chi connectivity index (χ1n) is 13.1. The Balaban J connectivity index is 1.52. The molecule has 0 aliphatic carbocycles. The highest BCUT2D eigenvalue weighted by molar-refractivity contribution is 5.85. The standard InChI is InChI=1S/C28H31F7N4/c1-16-9-21-20-10-17(31)3-4-24(20)37-26(21)27(39(16)15-28(34,35)14-30)25-22(32)11-19(12-23(25)33)36-18-5-8-38(13-18)7-2-6-29/h3-4,10-12,16,18,27,36-37H,2,5-9,13-15H2,1H3/t16-,18-,27-/m0/s1. The predicted octanol–water partition coefficient (Wildman–Crippen LogP) is 6.37. The van der Waals surface area contributed by atoms with Gasteiger partial charge >= 0.3 is 0 Å². The van der Waals surface area contributed by atoms with Gasteiger partial charge in [-0.25, -0.2) is 26.3 Å². The van der Waals surface area contributed by atoms with Crippen LogP contribution in [0.2, 0.25) is 0 Å². The van der Waals surface area contributed by atoms with E-state index in [-0.39, 0.29) is 23.8 Å². The molecule has 3 aromatic rings. The lowest BCUT2D eigenvalue weighted by molar-refractivity contribution is -0.0678. The quantitative estimate of drug-likeness (QED) is 0.301. The van der Waals surface area contributed by atoms with Gasteiger partial charge in [0.05, 0.1) is 19.3 Å². The molecule has 0 spiro atoms. The lowest BCUT2D eigenvalue weighted by atomic mass is 9.87. The van der Waals surface area contributed by atoms with Crippen LogP contribution < -0.4 is 5.32 Å². The molecule has 0 saturated carbocycles. The molecule has 2 aromatic carbocycles. The second-order valence-corrected chi connectivity index (χ2v) is 10.7. The fraction of sp³-hybridized carbons (Fsp3) is 0.500. The molecule has 4 nitrogen and oxygen atoms in total. The fourth-order valence-electron chi connectivity index (χ4n) is 6.00. The topological polar surface area (TPSA) is 34.3 Å². The molecule has 39 heavy (non-hydrogen) atoms. The average Bonchev–Trinajstić information content (AvgIpc) is 3.47. The summed E-state index contributed by atoms with van der Waals surface area (Å²) >= 11 is 0. The van der Waals surface area contributed by atoms with E-state index in [4.69, 9.17) is 0 Å². The number of anilines is 1. The summed E-state index contributed by atoms with van der Waals surface area (Å²) in [4.78, 5) is 6.35.